The topological polar surface area (TPSA) is 24.9 Å². The predicted octanol–water partition coefficient (Wildman–Crippen LogP) is 4.98. The van der Waals surface area contributed by atoms with Gasteiger partial charge in [-0.3, -0.25) is 0 Å². The molecule has 3 aromatic rings. The van der Waals surface area contributed by atoms with Crippen molar-refractivity contribution in [2.24, 2.45) is 0 Å². The molecule has 0 spiro atoms. The lowest BCUT2D eigenvalue weighted by Gasteiger charge is -2.08. The standard InChI is InChI=1S/C15H13BrN2S/c1-10-5-6-11(19-10)9-18-15-13-3-2-4-14(16)12(13)7-8-17-15/h2-8H,9H2,1H3,(H,17,18). The molecule has 0 aliphatic carbocycles. The molecular formula is C15H13BrN2S. The summed E-state index contributed by atoms with van der Waals surface area (Å²) in [4.78, 5) is 7.11. The Bertz CT molecular complexity index is 721. The molecule has 4 heteroatoms. The van der Waals surface area contributed by atoms with Gasteiger partial charge in [-0.05, 0) is 31.2 Å². The molecule has 0 bridgehead atoms. The number of nitrogens with zero attached hydrogens (tertiary/aromatic N) is 1. The van der Waals surface area contributed by atoms with Crippen molar-refractivity contribution >= 4 is 43.9 Å². The number of aryl methyl sites for hydroxylation is 1. The lowest BCUT2D eigenvalue weighted by Crippen LogP contribution is -2.00. The van der Waals surface area contributed by atoms with Gasteiger partial charge in [0.15, 0.2) is 0 Å². The number of rotatable bonds is 3. The molecule has 0 aliphatic rings. The highest BCUT2D eigenvalue weighted by molar-refractivity contribution is 9.10. The van der Waals surface area contributed by atoms with E-state index in [0.29, 0.717) is 0 Å². The summed E-state index contributed by atoms with van der Waals surface area (Å²) in [5, 5.41) is 5.75. The van der Waals surface area contributed by atoms with Crippen LogP contribution in [0.3, 0.4) is 0 Å². The number of halogens is 1. The molecule has 0 atom stereocenters. The number of anilines is 1. The maximum Gasteiger partial charge on any atom is 0.134 e. The molecule has 1 aromatic carbocycles. The Labute approximate surface area is 124 Å². The van der Waals surface area contributed by atoms with Crippen molar-refractivity contribution in [3.8, 4) is 0 Å². The third kappa shape index (κ3) is 2.65. The molecule has 2 nitrogen and oxygen atoms in total. The molecule has 0 fully saturated rings. The molecule has 0 radical (unpaired) electrons. The van der Waals surface area contributed by atoms with Gasteiger partial charge in [0, 0.05) is 31.2 Å². The molecule has 1 N–H and O–H groups in total. The van der Waals surface area contributed by atoms with Crippen LogP contribution in [0.5, 0.6) is 0 Å². The normalized spacial score (nSPS) is 10.8. The highest BCUT2D eigenvalue weighted by Gasteiger charge is 2.05. The summed E-state index contributed by atoms with van der Waals surface area (Å²) < 4.78 is 1.10. The number of aromatic nitrogens is 1. The van der Waals surface area contributed by atoms with Gasteiger partial charge in [-0.15, -0.1) is 11.3 Å². The third-order valence-electron chi connectivity index (χ3n) is 2.98. The largest absolute Gasteiger partial charge is 0.365 e. The number of pyridine rings is 1. The number of hydrogen-bond acceptors (Lipinski definition) is 3. The summed E-state index contributed by atoms with van der Waals surface area (Å²) in [7, 11) is 0. The lowest BCUT2D eigenvalue weighted by molar-refractivity contribution is 1.15. The van der Waals surface area contributed by atoms with E-state index in [1.807, 2.05) is 29.7 Å². The molecule has 0 amide bonds. The van der Waals surface area contributed by atoms with Crippen molar-refractivity contribution in [3.05, 3.63) is 56.8 Å². The smallest absolute Gasteiger partial charge is 0.134 e. The van der Waals surface area contributed by atoms with E-state index in [0.717, 1.165) is 22.2 Å². The molecule has 19 heavy (non-hydrogen) atoms. The fourth-order valence-electron chi connectivity index (χ4n) is 2.06. The summed E-state index contributed by atoms with van der Waals surface area (Å²) in [6.07, 6.45) is 1.84. The maximum absolute atomic E-state index is 4.44. The highest BCUT2D eigenvalue weighted by atomic mass is 79.9. The third-order valence-corrected chi connectivity index (χ3v) is 4.67. The number of fused-ring (bicyclic) bond motifs is 1. The second-order valence-corrected chi connectivity index (χ2v) is 6.59. The highest BCUT2D eigenvalue weighted by Crippen LogP contribution is 2.28. The minimum absolute atomic E-state index is 0.817. The van der Waals surface area contributed by atoms with E-state index in [-0.39, 0.29) is 0 Å². The van der Waals surface area contributed by atoms with E-state index in [1.165, 1.54) is 15.1 Å². The Morgan fingerprint density at radius 2 is 2.05 bits per heavy atom. The van der Waals surface area contributed by atoms with Gasteiger partial charge in [-0.25, -0.2) is 4.98 Å². The van der Waals surface area contributed by atoms with Crippen LogP contribution in [0, 0.1) is 6.92 Å². The average Bonchev–Trinajstić information content (AvgIpc) is 2.83. The first-order chi connectivity index (χ1) is 9.24. The van der Waals surface area contributed by atoms with Crippen LogP contribution in [0.2, 0.25) is 0 Å². The molecule has 3 rings (SSSR count). The first-order valence-electron chi connectivity index (χ1n) is 6.06. The van der Waals surface area contributed by atoms with Gasteiger partial charge in [0.25, 0.3) is 0 Å². The first kappa shape index (κ1) is 12.6. The van der Waals surface area contributed by atoms with Gasteiger partial charge in [0.2, 0.25) is 0 Å². The predicted molar refractivity (Wildman–Crippen MR) is 85.8 cm³/mol. The van der Waals surface area contributed by atoms with Crippen LogP contribution < -0.4 is 5.32 Å². The summed E-state index contributed by atoms with van der Waals surface area (Å²) in [5.41, 5.74) is 0. The molecule has 2 heterocycles. The maximum atomic E-state index is 4.44. The van der Waals surface area contributed by atoms with Crippen molar-refractivity contribution < 1.29 is 0 Å². The summed E-state index contributed by atoms with van der Waals surface area (Å²) in [5.74, 6) is 0.935. The average molecular weight is 333 g/mol. The quantitative estimate of drug-likeness (QED) is 0.731. The molecular weight excluding hydrogens is 320 g/mol. The Hall–Kier alpha value is -1.39. The summed E-state index contributed by atoms with van der Waals surface area (Å²) in [6, 6.07) is 12.5. The van der Waals surface area contributed by atoms with E-state index in [2.05, 4.69) is 57.4 Å². The molecule has 0 unspecified atom stereocenters. The fraction of sp³-hybridized carbons (Fsp3) is 0.133. The minimum atomic E-state index is 0.817. The number of thiophene rings is 1. The van der Waals surface area contributed by atoms with Crippen molar-refractivity contribution in [1.29, 1.82) is 0 Å². The van der Waals surface area contributed by atoms with E-state index in [1.54, 1.807) is 0 Å². The van der Waals surface area contributed by atoms with Crippen LogP contribution in [0.1, 0.15) is 9.75 Å². The SMILES string of the molecule is Cc1ccc(CNc2nccc3c(Br)cccc23)s1. The monoisotopic (exact) mass is 332 g/mol. The second-order valence-electron chi connectivity index (χ2n) is 4.36. The van der Waals surface area contributed by atoms with Crippen LogP contribution in [-0.2, 0) is 6.54 Å². The molecule has 0 saturated carbocycles. The van der Waals surface area contributed by atoms with E-state index in [9.17, 15) is 0 Å². The van der Waals surface area contributed by atoms with Gasteiger partial charge in [0.1, 0.15) is 5.82 Å². The second kappa shape index (κ2) is 5.31. The number of benzene rings is 1. The van der Waals surface area contributed by atoms with Crippen molar-refractivity contribution in [2.45, 2.75) is 13.5 Å². The van der Waals surface area contributed by atoms with E-state index < -0.39 is 0 Å². The lowest BCUT2D eigenvalue weighted by atomic mass is 10.1. The first-order valence-corrected chi connectivity index (χ1v) is 7.67. The molecule has 0 saturated heterocycles. The van der Waals surface area contributed by atoms with Crippen LogP contribution in [0.25, 0.3) is 10.8 Å². The molecule has 2 aromatic heterocycles. The van der Waals surface area contributed by atoms with Gasteiger partial charge < -0.3 is 5.32 Å². The van der Waals surface area contributed by atoms with Crippen molar-refractivity contribution in [2.75, 3.05) is 5.32 Å². The molecule has 96 valence electrons. The number of nitrogens with one attached hydrogen (secondary N) is 1. The summed E-state index contributed by atoms with van der Waals surface area (Å²) in [6.45, 7) is 2.94. The van der Waals surface area contributed by atoms with E-state index >= 15 is 0 Å². The van der Waals surface area contributed by atoms with Gasteiger partial charge in [-0.2, -0.15) is 0 Å². The zero-order valence-electron chi connectivity index (χ0n) is 10.5. The van der Waals surface area contributed by atoms with Gasteiger partial charge in [-0.1, -0.05) is 28.1 Å². The Balaban J connectivity index is 1.91. The van der Waals surface area contributed by atoms with Crippen molar-refractivity contribution in [3.63, 3.8) is 0 Å². The van der Waals surface area contributed by atoms with Crippen LogP contribution in [0.15, 0.2) is 47.1 Å². The Kier molecular flexibility index (Phi) is 3.53. The zero-order valence-corrected chi connectivity index (χ0v) is 12.9. The number of hydrogen-bond donors (Lipinski definition) is 1. The van der Waals surface area contributed by atoms with Crippen molar-refractivity contribution in [1.82, 2.24) is 4.98 Å². The Morgan fingerprint density at radius 1 is 1.16 bits per heavy atom. The van der Waals surface area contributed by atoms with Crippen LogP contribution in [-0.4, -0.2) is 4.98 Å². The Morgan fingerprint density at radius 3 is 2.84 bits per heavy atom. The minimum Gasteiger partial charge on any atom is -0.365 e. The van der Waals surface area contributed by atoms with Crippen LogP contribution >= 0.6 is 27.3 Å². The fourth-order valence-corrected chi connectivity index (χ4v) is 3.39. The van der Waals surface area contributed by atoms with Gasteiger partial charge >= 0.3 is 0 Å². The van der Waals surface area contributed by atoms with E-state index in [4.69, 9.17) is 0 Å². The van der Waals surface area contributed by atoms with Gasteiger partial charge in [0.05, 0.1) is 6.54 Å². The molecule has 0 aliphatic heterocycles. The van der Waals surface area contributed by atoms with Crippen LogP contribution in [0.4, 0.5) is 5.82 Å². The zero-order chi connectivity index (χ0) is 13.2. The summed E-state index contributed by atoms with van der Waals surface area (Å²) >= 11 is 5.39.